The molecule has 9 heteroatoms. The molecule has 0 saturated heterocycles. The number of fused-ring (bicyclic) bond motifs is 1. The molecule has 0 saturated carbocycles. The van der Waals surface area contributed by atoms with Crippen molar-refractivity contribution in [2.45, 2.75) is 11.4 Å². The molecule has 0 radical (unpaired) electrons. The monoisotopic (exact) mass is 447 g/mol. The van der Waals surface area contributed by atoms with Crippen molar-refractivity contribution in [2.24, 2.45) is 0 Å². The maximum Gasteiger partial charge on any atom is 0.268 e. The molecule has 1 aliphatic heterocycles. The Morgan fingerprint density at radius 2 is 1.80 bits per heavy atom. The molecule has 3 aromatic rings. The second kappa shape index (κ2) is 8.45. The molecule has 0 aliphatic carbocycles. The number of nitrogens with zero attached hydrogens (tertiary/aromatic N) is 1. The molecule has 0 bridgehead atoms. The van der Waals surface area contributed by atoms with Crippen molar-refractivity contribution in [3.05, 3.63) is 58.8 Å². The molecule has 0 fully saturated rings. The quantitative estimate of drug-likeness (QED) is 0.546. The van der Waals surface area contributed by atoms with Gasteiger partial charge in [-0.2, -0.15) is 0 Å². The molecule has 0 amide bonds. The Balaban J connectivity index is 1.84. The van der Waals surface area contributed by atoms with Gasteiger partial charge in [0.1, 0.15) is 29.6 Å². The molecule has 7 nitrogen and oxygen atoms in total. The Bertz CT molecular complexity index is 1130. The zero-order valence-electron chi connectivity index (χ0n) is 16.5. The van der Waals surface area contributed by atoms with Gasteiger partial charge in [0, 0.05) is 17.0 Å². The normalized spacial score (nSPS) is 13.0. The second-order valence-corrected chi connectivity index (χ2v) is 9.30. The Morgan fingerprint density at radius 3 is 2.50 bits per heavy atom. The molecular weight excluding hydrogens is 426 g/mol. The van der Waals surface area contributed by atoms with Crippen molar-refractivity contribution in [1.82, 2.24) is 0 Å². The van der Waals surface area contributed by atoms with E-state index in [0.29, 0.717) is 36.1 Å². The Morgan fingerprint density at radius 1 is 1.00 bits per heavy atom. The SMILES string of the molecule is COc1ccc(OC)c(S(=O)(=O)N(Cc2cccs2)c2ccc3c(c2)OCCO3)c1. The zero-order chi connectivity index (χ0) is 21.1. The van der Waals surface area contributed by atoms with Crippen molar-refractivity contribution < 1.29 is 27.4 Å². The van der Waals surface area contributed by atoms with Crippen LogP contribution in [0.25, 0.3) is 0 Å². The summed E-state index contributed by atoms with van der Waals surface area (Å²) in [5.74, 6) is 1.78. The molecule has 0 atom stereocenters. The van der Waals surface area contributed by atoms with Crippen LogP contribution in [0.5, 0.6) is 23.0 Å². The van der Waals surface area contributed by atoms with Crippen LogP contribution in [0.15, 0.2) is 58.8 Å². The number of benzene rings is 2. The van der Waals surface area contributed by atoms with Crippen molar-refractivity contribution >= 4 is 27.0 Å². The lowest BCUT2D eigenvalue weighted by Gasteiger charge is -2.27. The first-order valence-corrected chi connectivity index (χ1v) is 11.5. The van der Waals surface area contributed by atoms with E-state index in [4.69, 9.17) is 18.9 Å². The summed E-state index contributed by atoms with van der Waals surface area (Å²) in [5, 5.41) is 1.91. The van der Waals surface area contributed by atoms with E-state index in [1.165, 1.54) is 35.9 Å². The number of ether oxygens (including phenoxy) is 4. The third-order valence-corrected chi connectivity index (χ3v) is 7.29. The molecule has 0 unspecified atom stereocenters. The molecule has 30 heavy (non-hydrogen) atoms. The zero-order valence-corrected chi connectivity index (χ0v) is 18.2. The minimum atomic E-state index is -3.99. The molecule has 4 rings (SSSR count). The van der Waals surface area contributed by atoms with Gasteiger partial charge in [0.2, 0.25) is 0 Å². The largest absolute Gasteiger partial charge is 0.497 e. The van der Waals surface area contributed by atoms with Gasteiger partial charge < -0.3 is 18.9 Å². The number of methoxy groups -OCH3 is 2. The van der Waals surface area contributed by atoms with Crippen LogP contribution in [0.2, 0.25) is 0 Å². The van der Waals surface area contributed by atoms with Crippen molar-refractivity contribution in [1.29, 1.82) is 0 Å². The van der Waals surface area contributed by atoms with E-state index in [1.54, 1.807) is 30.3 Å². The van der Waals surface area contributed by atoms with Crippen LogP contribution in [-0.4, -0.2) is 35.9 Å². The summed E-state index contributed by atoms with van der Waals surface area (Å²) in [7, 11) is -1.07. The fourth-order valence-electron chi connectivity index (χ4n) is 3.15. The minimum Gasteiger partial charge on any atom is -0.497 e. The smallest absolute Gasteiger partial charge is 0.268 e. The molecule has 0 spiro atoms. The lowest BCUT2D eigenvalue weighted by molar-refractivity contribution is 0.171. The third kappa shape index (κ3) is 3.90. The van der Waals surface area contributed by atoms with E-state index in [2.05, 4.69) is 0 Å². The number of sulfonamides is 1. The maximum atomic E-state index is 13.8. The first kappa shape index (κ1) is 20.4. The van der Waals surface area contributed by atoms with Crippen LogP contribution in [0.3, 0.4) is 0 Å². The van der Waals surface area contributed by atoms with Crippen LogP contribution < -0.4 is 23.3 Å². The fraction of sp³-hybridized carbons (Fsp3) is 0.238. The van der Waals surface area contributed by atoms with Crippen LogP contribution in [-0.2, 0) is 16.6 Å². The predicted octanol–water partition coefficient (Wildman–Crippen LogP) is 3.93. The number of hydrogen-bond acceptors (Lipinski definition) is 7. The molecule has 158 valence electrons. The summed E-state index contributed by atoms with van der Waals surface area (Å²) < 4.78 is 50.8. The predicted molar refractivity (Wildman–Crippen MR) is 115 cm³/mol. The van der Waals surface area contributed by atoms with Crippen LogP contribution >= 0.6 is 11.3 Å². The summed E-state index contributed by atoms with van der Waals surface area (Å²) in [6, 6.07) is 13.6. The lowest BCUT2D eigenvalue weighted by Crippen LogP contribution is -2.31. The van der Waals surface area contributed by atoms with Crippen molar-refractivity contribution in [3.63, 3.8) is 0 Å². The summed E-state index contributed by atoms with van der Waals surface area (Å²) in [6.07, 6.45) is 0. The Hall–Kier alpha value is -2.91. The highest BCUT2D eigenvalue weighted by atomic mass is 32.2. The summed E-state index contributed by atoms with van der Waals surface area (Å²) in [4.78, 5) is 0.922. The highest BCUT2D eigenvalue weighted by Gasteiger charge is 2.30. The number of anilines is 1. The Labute approximate surface area is 179 Å². The van der Waals surface area contributed by atoms with Gasteiger partial charge in [0.15, 0.2) is 11.5 Å². The van der Waals surface area contributed by atoms with Gasteiger partial charge in [-0.1, -0.05) is 6.07 Å². The van der Waals surface area contributed by atoms with Gasteiger partial charge in [-0.05, 0) is 35.7 Å². The average molecular weight is 448 g/mol. The van der Waals surface area contributed by atoms with E-state index in [-0.39, 0.29) is 17.2 Å². The van der Waals surface area contributed by atoms with E-state index in [1.807, 2.05) is 17.5 Å². The summed E-state index contributed by atoms with van der Waals surface area (Å²) >= 11 is 1.49. The van der Waals surface area contributed by atoms with E-state index < -0.39 is 10.0 Å². The molecule has 1 aliphatic rings. The van der Waals surface area contributed by atoms with Crippen molar-refractivity contribution in [3.8, 4) is 23.0 Å². The molecule has 1 aromatic heterocycles. The topological polar surface area (TPSA) is 74.3 Å². The number of thiophene rings is 1. The van der Waals surface area contributed by atoms with Crippen LogP contribution in [0.4, 0.5) is 5.69 Å². The summed E-state index contributed by atoms with van der Waals surface area (Å²) in [6.45, 7) is 1.04. The van der Waals surface area contributed by atoms with E-state index >= 15 is 0 Å². The fourth-order valence-corrected chi connectivity index (χ4v) is 5.53. The number of hydrogen-bond donors (Lipinski definition) is 0. The van der Waals surface area contributed by atoms with Gasteiger partial charge in [-0.3, -0.25) is 4.31 Å². The number of rotatable bonds is 7. The van der Waals surface area contributed by atoms with E-state index in [9.17, 15) is 8.42 Å². The average Bonchev–Trinajstić information content (AvgIpc) is 3.30. The standard InChI is InChI=1S/C21H21NO6S2/c1-25-16-6-8-19(26-2)21(13-16)30(23,24)22(14-17-4-3-11-29-17)15-5-7-18-20(12-15)28-10-9-27-18/h3-8,11-13H,9-10,14H2,1-2H3. The Kier molecular flexibility index (Phi) is 5.74. The van der Waals surface area contributed by atoms with Gasteiger partial charge >= 0.3 is 0 Å². The second-order valence-electron chi connectivity index (χ2n) is 6.44. The maximum absolute atomic E-state index is 13.8. The molecule has 2 heterocycles. The first-order valence-electron chi connectivity index (χ1n) is 9.19. The summed E-state index contributed by atoms with van der Waals surface area (Å²) in [5.41, 5.74) is 0.470. The van der Waals surface area contributed by atoms with Crippen LogP contribution in [0, 0.1) is 0 Å². The highest BCUT2D eigenvalue weighted by Crippen LogP contribution is 2.38. The van der Waals surface area contributed by atoms with E-state index in [0.717, 1.165) is 4.88 Å². The lowest BCUT2D eigenvalue weighted by atomic mass is 10.2. The van der Waals surface area contributed by atoms with Crippen molar-refractivity contribution in [2.75, 3.05) is 31.7 Å². The van der Waals surface area contributed by atoms with Gasteiger partial charge in [-0.15, -0.1) is 11.3 Å². The molecule has 2 aromatic carbocycles. The first-order chi connectivity index (χ1) is 14.5. The molecular formula is C21H21NO6S2. The van der Waals surface area contributed by atoms with Gasteiger partial charge in [0.05, 0.1) is 26.5 Å². The van der Waals surface area contributed by atoms with Gasteiger partial charge in [0.25, 0.3) is 10.0 Å². The minimum absolute atomic E-state index is 0.0239. The highest BCUT2D eigenvalue weighted by molar-refractivity contribution is 7.93. The third-order valence-electron chi connectivity index (χ3n) is 4.63. The molecule has 0 N–H and O–H groups in total. The van der Waals surface area contributed by atoms with Gasteiger partial charge in [-0.25, -0.2) is 8.42 Å². The van der Waals surface area contributed by atoms with Crippen LogP contribution in [0.1, 0.15) is 4.88 Å².